The van der Waals surface area contributed by atoms with E-state index in [1.807, 2.05) is 6.92 Å². The summed E-state index contributed by atoms with van der Waals surface area (Å²) in [6.45, 7) is 1.85. The van der Waals surface area contributed by atoms with Crippen molar-refractivity contribution in [2.75, 3.05) is 19.1 Å². The van der Waals surface area contributed by atoms with Gasteiger partial charge in [-0.25, -0.2) is 9.59 Å². The molecule has 0 radical (unpaired) electrons. The first-order valence-electron chi connectivity index (χ1n) is 6.91. The van der Waals surface area contributed by atoms with E-state index in [1.54, 1.807) is 35.4 Å². The van der Waals surface area contributed by atoms with E-state index in [4.69, 9.17) is 21.1 Å². The lowest BCUT2D eigenvalue weighted by Gasteiger charge is -2.26. The molecular weight excluding hydrogens is 398 g/mol. The summed E-state index contributed by atoms with van der Waals surface area (Å²) in [6, 6.07) is 3.48. The van der Waals surface area contributed by atoms with E-state index >= 15 is 0 Å². The molecule has 1 heterocycles. The lowest BCUT2D eigenvalue weighted by Crippen LogP contribution is -2.27. The summed E-state index contributed by atoms with van der Waals surface area (Å²) in [6.07, 6.45) is 6.53. The number of hydrogen-bond donors (Lipinski definition) is 0. The van der Waals surface area contributed by atoms with Crippen molar-refractivity contribution in [2.45, 2.75) is 6.92 Å². The molecular formula is C17H15BrClNO4. The molecule has 0 unspecified atom stereocenters. The summed E-state index contributed by atoms with van der Waals surface area (Å²) in [5, 5.41) is 0.553. The number of methoxy groups -OCH3 is 2. The van der Waals surface area contributed by atoms with Gasteiger partial charge in [-0.05, 0) is 52.7 Å². The van der Waals surface area contributed by atoms with Crippen molar-refractivity contribution < 1.29 is 19.1 Å². The molecule has 0 N–H and O–H groups in total. The van der Waals surface area contributed by atoms with Crippen molar-refractivity contribution in [2.24, 2.45) is 0 Å². The van der Waals surface area contributed by atoms with Gasteiger partial charge in [0, 0.05) is 15.7 Å². The normalized spacial score (nSPS) is 13.8. The van der Waals surface area contributed by atoms with Crippen LogP contribution in [-0.4, -0.2) is 26.2 Å². The highest BCUT2D eigenvalue weighted by molar-refractivity contribution is 9.10. The minimum absolute atomic E-state index is 0.0560. The maximum atomic E-state index is 12.4. The van der Waals surface area contributed by atoms with E-state index in [0.29, 0.717) is 15.2 Å². The van der Waals surface area contributed by atoms with E-state index in [2.05, 4.69) is 15.9 Å². The van der Waals surface area contributed by atoms with Gasteiger partial charge in [0.1, 0.15) is 5.70 Å². The Bertz CT molecular complexity index is 760. The maximum absolute atomic E-state index is 12.4. The van der Waals surface area contributed by atoms with Gasteiger partial charge in [-0.1, -0.05) is 17.7 Å². The first-order chi connectivity index (χ1) is 11.4. The van der Waals surface area contributed by atoms with Gasteiger partial charge in [-0.15, -0.1) is 0 Å². The third kappa shape index (κ3) is 3.55. The smallest absolute Gasteiger partial charge is 0.355 e. The van der Waals surface area contributed by atoms with Crippen LogP contribution in [0, 0.1) is 6.92 Å². The Morgan fingerprint density at radius 2 is 1.79 bits per heavy atom. The number of halogens is 2. The van der Waals surface area contributed by atoms with Crippen LogP contribution in [0.5, 0.6) is 0 Å². The fraction of sp³-hybridized carbons (Fsp3) is 0.176. The third-order valence-electron chi connectivity index (χ3n) is 3.35. The maximum Gasteiger partial charge on any atom is 0.355 e. The zero-order chi connectivity index (χ0) is 17.9. The van der Waals surface area contributed by atoms with Gasteiger partial charge in [0.2, 0.25) is 0 Å². The van der Waals surface area contributed by atoms with Crippen molar-refractivity contribution in [3.05, 3.63) is 62.9 Å². The molecule has 0 spiro atoms. The van der Waals surface area contributed by atoms with E-state index in [-0.39, 0.29) is 11.3 Å². The van der Waals surface area contributed by atoms with Crippen LogP contribution in [0.4, 0.5) is 5.69 Å². The van der Waals surface area contributed by atoms with Crippen molar-refractivity contribution in [3.8, 4) is 0 Å². The zero-order valence-corrected chi connectivity index (χ0v) is 15.6. The number of hydrogen-bond acceptors (Lipinski definition) is 5. The topological polar surface area (TPSA) is 55.8 Å². The SMILES string of the molecule is COC(=O)C1=C(C(=O)OC)N(c2c(C)cc(Cl)cc2Br)C=CC=C1. The molecule has 0 atom stereocenters. The Hall–Kier alpha value is -2.05. The molecule has 0 amide bonds. The van der Waals surface area contributed by atoms with Crippen LogP contribution >= 0.6 is 27.5 Å². The highest BCUT2D eigenvalue weighted by Crippen LogP contribution is 2.37. The zero-order valence-electron chi connectivity index (χ0n) is 13.3. The predicted molar refractivity (Wildman–Crippen MR) is 95.7 cm³/mol. The number of carbonyl (C=O) groups excluding carboxylic acids is 2. The number of esters is 2. The first-order valence-corrected chi connectivity index (χ1v) is 8.08. The fourth-order valence-corrected chi connectivity index (χ4v) is 3.49. The van der Waals surface area contributed by atoms with Gasteiger partial charge < -0.3 is 14.4 Å². The Morgan fingerprint density at radius 1 is 1.12 bits per heavy atom. The summed E-state index contributed by atoms with van der Waals surface area (Å²) in [5.41, 5.74) is 1.63. The monoisotopic (exact) mass is 411 g/mol. The molecule has 0 aromatic heterocycles. The molecule has 0 bridgehead atoms. The summed E-state index contributed by atoms with van der Waals surface area (Å²) >= 11 is 9.52. The second kappa shape index (κ2) is 7.68. The number of carbonyl (C=O) groups is 2. The van der Waals surface area contributed by atoms with Crippen LogP contribution in [0.25, 0.3) is 0 Å². The van der Waals surface area contributed by atoms with Gasteiger partial charge in [0.15, 0.2) is 0 Å². The molecule has 5 nitrogen and oxygen atoms in total. The van der Waals surface area contributed by atoms with E-state index in [9.17, 15) is 9.59 Å². The Labute approximate surface area is 153 Å². The highest BCUT2D eigenvalue weighted by atomic mass is 79.9. The van der Waals surface area contributed by atoms with Crippen LogP contribution < -0.4 is 4.90 Å². The number of rotatable bonds is 3. The Kier molecular flexibility index (Phi) is 5.85. The molecule has 24 heavy (non-hydrogen) atoms. The minimum atomic E-state index is -0.659. The molecule has 2 rings (SSSR count). The van der Waals surface area contributed by atoms with Gasteiger partial charge in [0.25, 0.3) is 0 Å². The number of aryl methyl sites for hydroxylation is 1. The average molecular weight is 413 g/mol. The molecule has 1 aliphatic rings. The molecule has 0 saturated heterocycles. The van der Waals surface area contributed by atoms with Crippen molar-refractivity contribution >= 4 is 45.2 Å². The molecule has 0 aliphatic carbocycles. The lowest BCUT2D eigenvalue weighted by molar-refractivity contribution is -0.139. The van der Waals surface area contributed by atoms with Gasteiger partial charge in [0.05, 0.1) is 25.5 Å². The third-order valence-corrected chi connectivity index (χ3v) is 4.17. The second-order valence-corrected chi connectivity index (χ2v) is 6.16. The molecule has 126 valence electrons. The van der Waals surface area contributed by atoms with Crippen molar-refractivity contribution in [3.63, 3.8) is 0 Å². The standard InChI is InChI=1S/C17H15BrClNO4/c1-10-8-11(19)9-13(18)14(10)20-7-5-4-6-12(16(21)23-2)15(20)17(22)24-3/h4-9H,1-3H3. The van der Waals surface area contributed by atoms with Crippen LogP contribution in [-0.2, 0) is 19.1 Å². The Balaban J connectivity index is 2.75. The van der Waals surface area contributed by atoms with E-state index < -0.39 is 11.9 Å². The molecule has 1 aromatic carbocycles. The number of benzene rings is 1. The predicted octanol–water partition coefficient (Wildman–Crippen LogP) is 3.90. The van der Waals surface area contributed by atoms with Crippen LogP contribution in [0.3, 0.4) is 0 Å². The summed E-state index contributed by atoms with van der Waals surface area (Å²) in [4.78, 5) is 26.1. The summed E-state index contributed by atoms with van der Waals surface area (Å²) < 4.78 is 10.3. The number of nitrogens with zero attached hydrogens (tertiary/aromatic N) is 1. The van der Waals surface area contributed by atoms with Crippen molar-refractivity contribution in [1.82, 2.24) is 0 Å². The van der Waals surface area contributed by atoms with Crippen LogP contribution in [0.15, 0.2) is 52.3 Å². The molecule has 1 aromatic rings. The van der Waals surface area contributed by atoms with Gasteiger partial charge in [-0.2, -0.15) is 0 Å². The average Bonchev–Trinajstić information content (AvgIpc) is 2.75. The minimum Gasteiger partial charge on any atom is -0.465 e. The van der Waals surface area contributed by atoms with Crippen LogP contribution in [0.1, 0.15) is 5.56 Å². The summed E-state index contributed by atoms with van der Waals surface area (Å²) in [7, 11) is 2.51. The van der Waals surface area contributed by atoms with Gasteiger partial charge in [-0.3, -0.25) is 0 Å². The quantitative estimate of drug-likeness (QED) is 0.705. The first kappa shape index (κ1) is 18.3. The van der Waals surface area contributed by atoms with Crippen molar-refractivity contribution in [1.29, 1.82) is 0 Å². The largest absolute Gasteiger partial charge is 0.465 e. The van der Waals surface area contributed by atoms with Gasteiger partial charge >= 0.3 is 11.9 Å². The molecule has 7 heteroatoms. The van der Waals surface area contributed by atoms with E-state index in [1.165, 1.54) is 20.3 Å². The fourth-order valence-electron chi connectivity index (χ4n) is 2.34. The second-order valence-electron chi connectivity index (χ2n) is 4.87. The highest BCUT2D eigenvalue weighted by Gasteiger charge is 2.29. The number of anilines is 1. The number of allylic oxidation sites excluding steroid dienone is 2. The molecule has 0 fully saturated rings. The number of ether oxygens (including phenoxy) is 2. The van der Waals surface area contributed by atoms with Crippen LogP contribution in [0.2, 0.25) is 5.02 Å². The Morgan fingerprint density at radius 3 is 2.38 bits per heavy atom. The molecule has 1 aliphatic heterocycles. The molecule has 0 saturated carbocycles. The summed E-state index contributed by atoms with van der Waals surface area (Å²) in [5.74, 6) is -1.30. The lowest BCUT2D eigenvalue weighted by atomic mass is 10.1. The van der Waals surface area contributed by atoms with E-state index in [0.717, 1.165) is 5.56 Å².